The van der Waals surface area contributed by atoms with Crippen molar-refractivity contribution in [2.75, 3.05) is 63.9 Å². The number of aromatic nitrogens is 3. The van der Waals surface area contributed by atoms with E-state index in [0.717, 1.165) is 89.7 Å². The molecule has 2 aliphatic heterocycles. The van der Waals surface area contributed by atoms with E-state index in [-0.39, 0.29) is 57.0 Å². The van der Waals surface area contributed by atoms with E-state index in [1.54, 1.807) is 16.1 Å². The molecular weight excluding hydrogens is 1270 g/mol. The summed E-state index contributed by atoms with van der Waals surface area (Å²) in [6, 6.07) is 40.7. The van der Waals surface area contributed by atoms with Crippen LogP contribution in [0.1, 0.15) is 81.1 Å². The van der Waals surface area contributed by atoms with Crippen molar-refractivity contribution in [1.29, 1.82) is 10.5 Å². The molecule has 2 N–H and O–H groups in total. The molecule has 17 nitrogen and oxygen atoms in total. The van der Waals surface area contributed by atoms with Crippen molar-refractivity contribution in [2.24, 2.45) is 0 Å². The molecule has 2 fully saturated rings. The Bertz CT molecular complexity index is 4680. The lowest BCUT2D eigenvalue weighted by molar-refractivity contribution is 0.0520. The minimum absolute atomic E-state index is 0.0154. The van der Waals surface area contributed by atoms with Gasteiger partial charge >= 0.3 is 5.97 Å². The maximum Gasteiger partial charge on any atom is 0.347 e. The van der Waals surface area contributed by atoms with Gasteiger partial charge in [0, 0.05) is 63.1 Å². The number of halogens is 1. The molecule has 0 bridgehead atoms. The van der Waals surface area contributed by atoms with Crippen LogP contribution in [0.15, 0.2) is 157 Å². The quantitative estimate of drug-likeness (QED) is 0.116. The lowest BCUT2D eigenvalue weighted by atomic mass is 10.1. The number of aromatic hydroxyl groups is 1. The molecular formula is C68H62ClN9O8S5. The van der Waals surface area contributed by atoms with E-state index < -0.39 is 11.5 Å². The number of hydrogen-bond acceptors (Lipinski definition) is 17. The normalized spacial score (nSPS) is 12.9. The molecule has 10 heterocycles. The number of nitriles is 2. The number of esters is 1. The number of carbonyl (C=O) groups is 3. The Morgan fingerprint density at radius 2 is 0.967 bits per heavy atom. The number of hydrogen-bond donors (Lipinski definition) is 2. The average Bonchev–Trinajstić information content (AvgIpc) is 1.76. The van der Waals surface area contributed by atoms with Gasteiger partial charge in [-0.1, -0.05) is 115 Å². The summed E-state index contributed by atoms with van der Waals surface area (Å²) < 4.78 is 9.83. The van der Waals surface area contributed by atoms with E-state index in [2.05, 4.69) is 16.3 Å². The largest absolute Gasteiger partial charge is 0.506 e. The summed E-state index contributed by atoms with van der Waals surface area (Å²) in [6.45, 7) is 14.5. The topological polar surface area (TPSA) is 216 Å². The predicted molar refractivity (Wildman–Crippen MR) is 367 cm³/mol. The molecule has 0 atom stereocenters. The first-order valence-electron chi connectivity index (χ1n) is 29.1. The first-order valence-corrected chi connectivity index (χ1v) is 33.9. The number of thiophene rings is 5. The van der Waals surface area contributed by atoms with Gasteiger partial charge in [0.2, 0.25) is 0 Å². The summed E-state index contributed by atoms with van der Waals surface area (Å²) in [5.41, 5.74) is 5.30. The number of nitrogens with one attached hydrogen (secondary N) is 1. The number of anilines is 1. The third-order valence-corrected chi connectivity index (χ3v) is 20.8. The smallest absolute Gasteiger partial charge is 0.347 e. The van der Waals surface area contributed by atoms with Gasteiger partial charge in [0.05, 0.1) is 52.1 Å². The number of nitrogens with zero attached hydrogens (tertiary/aromatic N) is 8. The highest BCUT2D eigenvalue weighted by Gasteiger charge is 2.30. The van der Waals surface area contributed by atoms with Crippen molar-refractivity contribution in [3.05, 3.63) is 238 Å². The molecule has 2 saturated heterocycles. The highest BCUT2D eigenvalue weighted by atomic mass is 35.5. The fourth-order valence-corrected chi connectivity index (χ4v) is 15.8. The lowest BCUT2D eigenvalue weighted by Gasteiger charge is -2.36. The molecule has 0 radical (unpaired) electrons. The lowest BCUT2D eigenvalue weighted by Crippen LogP contribution is -2.49. The number of ether oxygens (including phenoxy) is 1. The number of pyridine rings is 3. The molecule has 13 rings (SSSR count). The minimum Gasteiger partial charge on any atom is -0.506 e. The van der Waals surface area contributed by atoms with Crippen LogP contribution in [0.25, 0.3) is 30.6 Å². The summed E-state index contributed by atoms with van der Waals surface area (Å²) in [6.07, 6.45) is 0. The van der Waals surface area contributed by atoms with Gasteiger partial charge in [0.15, 0.2) is 5.56 Å². The third-order valence-electron chi connectivity index (χ3n) is 15.4. The van der Waals surface area contributed by atoms with E-state index >= 15 is 0 Å². The fraction of sp³-hybridized carbons (Fsp3) is 0.235. The fourth-order valence-electron chi connectivity index (χ4n) is 10.8. The first kappa shape index (κ1) is 65.0. The predicted octanol–water partition coefficient (Wildman–Crippen LogP) is 12.4. The maximum atomic E-state index is 13.5. The van der Waals surface area contributed by atoms with Gasteiger partial charge in [-0.05, 0) is 100 Å². The second-order valence-corrected chi connectivity index (χ2v) is 26.1. The Balaban J connectivity index is 0.000000139. The monoisotopic (exact) mass is 1330 g/mol. The molecule has 11 aromatic rings. The van der Waals surface area contributed by atoms with Gasteiger partial charge in [-0.25, -0.2) is 4.79 Å². The van der Waals surface area contributed by atoms with Gasteiger partial charge < -0.3 is 29.9 Å². The van der Waals surface area contributed by atoms with E-state index in [4.69, 9.17) is 16.3 Å². The first-order chi connectivity index (χ1) is 44.1. The summed E-state index contributed by atoms with van der Waals surface area (Å²) >= 11 is 13.6. The maximum absolute atomic E-state index is 13.5. The number of rotatable bonds is 11. The van der Waals surface area contributed by atoms with E-state index in [9.17, 15) is 44.4 Å². The van der Waals surface area contributed by atoms with Crippen LogP contribution in [-0.4, -0.2) is 105 Å². The van der Waals surface area contributed by atoms with Crippen LogP contribution >= 0.6 is 68.3 Å². The van der Waals surface area contributed by atoms with Crippen molar-refractivity contribution in [3.8, 4) is 17.9 Å². The van der Waals surface area contributed by atoms with Crippen molar-refractivity contribution in [3.63, 3.8) is 0 Å². The Hall–Kier alpha value is -8.97. The van der Waals surface area contributed by atoms with Crippen molar-refractivity contribution in [1.82, 2.24) is 28.8 Å². The van der Waals surface area contributed by atoms with Crippen LogP contribution in [-0.2, 0) is 24.4 Å². The molecule has 23 heteroatoms. The van der Waals surface area contributed by atoms with Gasteiger partial charge in [0.1, 0.15) is 43.5 Å². The number of aryl methyl sites for hydroxylation is 3. The molecule has 2 amide bonds. The van der Waals surface area contributed by atoms with Gasteiger partial charge in [-0.15, -0.1) is 56.7 Å². The Labute approximate surface area is 549 Å². The van der Waals surface area contributed by atoms with Crippen LogP contribution < -0.4 is 26.9 Å². The molecule has 0 spiro atoms. The molecule has 8 aromatic heterocycles. The zero-order chi connectivity index (χ0) is 64.3. The summed E-state index contributed by atoms with van der Waals surface area (Å²) in [5.74, 6) is -0.873. The third kappa shape index (κ3) is 14.2. The number of benzene rings is 3. The number of amides is 2. The van der Waals surface area contributed by atoms with E-state index in [1.807, 2.05) is 179 Å². The highest BCUT2D eigenvalue weighted by molar-refractivity contribution is 7.17. The Kier molecular flexibility index (Phi) is 21.3. The van der Waals surface area contributed by atoms with Gasteiger partial charge in [-0.3, -0.25) is 37.7 Å². The average molecular weight is 1330 g/mol. The molecule has 3 aromatic carbocycles. The Morgan fingerprint density at radius 1 is 0.549 bits per heavy atom. The van der Waals surface area contributed by atoms with E-state index in [0.29, 0.717) is 61.7 Å². The second kappa shape index (κ2) is 29.8. The van der Waals surface area contributed by atoms with Crippen LogP contribution in [0, 0.1) is 43.4 Å². The Morgan fingerprint density at radius 3 is 1.42 bits per heavy atom. The highest BCUT2D eigenvalue weighted by Crippen LogP contribution is 2.38. The summed E-state index contributed by atoms with van der Waals surface area (Å²) in [7, 11) is 0. The summed E-state index contributed by atoms with van der Waals surface area (Å²) in [4.78, 5) is 85.3. The van der Waals surface area contributed by atoms with Gasteiger partial charge in [0.25, 0.3) is 28.5 Å². The number of carbonyl (C=O) groups excluding carboxylic acids is 3. The molecule has 0 saturated carbocycles. The minimum atomic E-state index is -0.797. The van der Waals surface area contributed by atoms with Crippen molar-refractivity contribution >= 4 is 122 Å². The molecule has 0 unspecified atom stereocenters. The zero-order valence-electron chi connectivity index (χ0n) is 50.1. The second-order valence-electron chi connectivity index (χ2n) is 21.3. The molecule has 2 aliphatic rings. The molecule has 91 heavy (non-hydrogen) atoms. The van der Waals surface area contributed by atoms with Crippen molar-refractivity contribution in [2.45, 2.75) is 47.3 Å². The molecule has 0 aliphatic carbocycles. The zero-order valence-corrected chi connectivity index (χ0v) is 55.0. The standard InChI is InChI=1S/C25H22N4O2S2.C18H17NO4S.C16H11ClN2OS.C9H12N2OS/c1-17-16-33-25-21(17)22(19(14-26)23(30)29(25)15-18-6-3-2-4-7-18)27-9-11-28(12-10-27)24(31)20-8-5-13-32-20;1-3-23-18(22)14-15(20)13-11(2)10-24-17(13)19(16(14)21)9-12-7-5-4-6-8-12;1-10-9-21-16-13(10)14(17)12(7-18)15(20)19(16)8-11-5-3-2-4-6-11;12-9(8-2-1-7-13-8)11-5-3-10-4-6-11/h2-8,13,16H,9-12,15H2,1H3;4-8,10,20H,3,9H2,1-2H3;2-6,9H,8H2,1H3;1-2,7,10H,3-6H2. The van der Waals surface area contributed by atoms with Gasteiger partial charge in [-0.2, -0.15) is 10.5 Å². The molecule has 464 valence electrons. The van der Waals surface area contributed by atoms with Crippen LogP contribution in [0.4, 0.5) is 5.69 Å². The SMILES string of the molecule is CCOC(=O)c1c(O)c2c(C)csc2n(Cc2ccccc2)c1=O.Cc1csc2c1c(Cl)c(C#N)c(=O)n2Cc1ccccc1.Cc1csc2c1c(N1CCN(C(=O)c3cccs3)CC1)c(C#N)c(=O)n2Cc1ccccc1.O=C(c1cccs1)N1CCNCC1. The van der Waals surface area contributed by atoms with E-state index in [1.165, 1.54) is 61.3 Å². The van der Waals surface area contributed by atoms with Crippen molar-refractivity contribution < 1.29 is 24.2 Å². The van der Waals surface area contributed by atoms with Crippen LogP contribution in [0.2, 0.25) is 5.02 Å². The number of fused-ring (bicyclic) bond motifs is 3. The number of piperazine rings is 2. The summed E-state index contributed by atoms with van der Waals surface area (Å²) in [5, 5.41) is 45.2. The van der Waals surface area contributed by atoms with Crippen LogP contribution in [0.3, 0.4) is 0 Å². The van der Waals surface area contributed by atoms with Crippen LogP contribution in [0.5, 0.6) is 5.75 Å².